The monoisotopic (exact) mass is 467 g/mol. The molecule has 0 unspecified atom stereocenters. The van der Waals surface area contributed by atoms with Gasteiger partial charge < -0.3 is 20.4 Å². The van der Waals surface area contributed by atoms with Crippen LogP contribution in [0.5, 0.6) is 0 Å². The fraction of sp³-hybridized carbons (Fsp3) is 0.947. The maximum Gasteiger partial charge on any atom is 0.191 e. The summed E-state index contributed by atoms with van der Waals surface area (Å²) in [5.41, 5.74) is 0. The van der Waals surface area contributed by atoms with Crippen molar-refractivity contribution in [1.82, 2.24) is 20.4 Å². The van der Waals surface area contributed by atoms with Gasteiger partial charge in [-0.1, -0.05) is 6.92 Å². The molecule has 1 heterocycles. The van der Waals surface area contributed by atoms with Gasteiger partial charge in [0.15, 0.2) is 5.96 Å². The van der Waals surface area contributed by atoms with Crippen LogP contribution in [0.25, 0.3) is 0 Å². The summed E-state index contributed by atoms with van der Waals surface area (Å²) in [7, 11) is 2.20. The maximum atomic E-state index is 4.77. The smallest absolute Gasteiger partial charge is 0.191 e. The quantitative estimate of drug-likeness (QED) is 0.224. The van der Waals surface area contributed by atoms with E-state index in [1.807, 2.05) is 0 Å². The molecule has 0 atom stereocenters. The summed E-state index contributed by atoms with van der Waals surface area (Å²) >= 11 is 0. The van der Waals surface area contributed by atoms with E-state index >= 15 is 0 Å². The number of unbranched alkanes of at least 4 members (excludes halogenated alkanes) is 1. The number of piperidine rings is 1. The molecule has 150 valence electrons. The van der Waals surface area contributed by atoms with Crippen LogP contribution >= 0.6 is 24.0 Å². The molecule has 2 N–H and O–H groups in total. The second kappa shape index (κ2) is 15.0. The average molecular weight is 467 g/mol. The summed E-state index contributed by atoms with van der Waals surface area (Å²) in [5.74, 6) is 1.00. The number of hydrogen-bond acceptors (Lipinski definition) is 3. The number of nitrogens with zero attached hydrogens (tertiary/aromatic N) is 3. The van der Waals surface area contributed by atoms with E-state index in [0.717, 1.165) is 32.0 Å². The van der Waals surface area contributed by atoms with Crippen molar-refractivity contribution in [2.24, 2.45) is 4.99 Å². The molecule has 0 aliphatic carbocycles. The number of nitrogens with one attached hydrogen (secondary N) is 2. The first kappa shape index (κ1) is 24.9. The van der Waals surface area contributed by atoms with E-state index in [0.29, 0.717) is 12.1 Å². The van der Waals surface area contributed by atoms with Crippen LogP contribution in [0.3, 0.4) is 0 Å². The van der Waals surface area contributed by atoms with E-state index in [4.69, 9.17) is 4.99 Å². The van der Waals surface area contributed by atoms with Crippen LogP contribution in [-0.2, 0) is 0 Å². The molecule has 1 aliphatic heterocycles. The first-order chi connectivity index (χ1) is 11.6. The number of likely N-dealkylation sites (tertiary alicyclic amines) is 1. The first-order valence-corrected chi connectivity index (χ1v) is 10.0. The molecule has 1 saturated heterocycles. The SMILES string of the molecule is CCCN1CCC(NC(=NCCCCN(C)C(C)C)NCC)CC1.I. The van der Waals surface area contributed by atoms with Crippen LogP contribution in [0.2, 0.25) is 0 Å². The molecule has 25 heavy (non-hydrogen) atoms. The van der Waals surface area contributed by atoms with Crippen molar-refractivity contribution in [2.45, 2.75) is 71.9 Å². The lowest BCUT2D eigenvalue weighted by Crippen LogP contribution is -2.48. The van der Waals surface area contributed by atoms with Gasteiger partial charge in [0, 0.05) is 38.3 Å². The molecular formula is C19H42IN5. The molecule has 0 aromatic carbocycles. The average Bonchev–Trinajstić information content (AvgIpc) is 2.56. The van der Waals surface area contributed by atoms with Crippen LogP contribution in [0.4, 0.5) is 0 Å². The van der Waals surface area contributed by atoms with Crippen molar-refractivity contribution < 1.29 is 0 Å². The molecular weight excluding hydrogens is 425 g/mol. The van der Waals surface area contributed by atoms with Crippen molar-refractivity contribution in [3.8, 4) is 0 Å². The molecule has 1 rings (SSSR count). The van der Waals surface area contributed by atoms with Gasteiger partial charge in [0.25, 0.3) is 0 Å². The lowest BCUT2D eigenvalue weighted by atomic mass is 10.1. The van der Waals surface area contributed by atoms with Crippen LogP contribution < -0.4 is 10.6 Å². The van der Waals surface area contributed by atoms with Gasteiger partial charge in [-0.15, -0.1) is 24.0 Å². The molecule has 1 aliphatic rings. The van der Waals surface area contributed by atoms with Gasteiger partial charge in [-0.05, 0) is 73.0 Å². The zero-order chi connectivity index (χ0) is 17.8. The lowest BCUT2D eigenvalue weighted by Gasteiger charge is -2.32. The third-order valence-electron chi connectivity index (χ3n) is 4.88. The van der Waals surface area contributed by atoms with E-state index in [-0.39, 0.29) is 24.0 Å². The number of halogens is 1. The van der Waals surface area contributed by atoms with Gasteiger partial charge in [0.2, 0.25) is 0 Å². The third kappa shape index (κ3) is 11.3. The second-order valence-corrected chi connectivity index (χ2v) is 7.30. The normalized spacial score (nSPS) is 17.0. The Morgan fingerprint density at radius 2 is 1.88 bits per heavy atom. The van der Waals surface area contributed by atoms with E-state index in [1.54, 1.807) is 0 Å². The fourth-order valence-corrected chi connectivity index (χ4v) is 3.05. The van der Waals surface area contributed by atoms with E-state index in [1.165, 1.54) is 45.3 Å². The van der Waals surface area contributed by atoms with Crippen LogP contribution in [0.15, 0.2) is 4.99 Å². The Hall–Kier alpha value is -0.0800. The van der Waals surface area contributed by atoms with Crippen LogP contribution in [0.1, 0.15) is 59.8 Å². The van der Waals surface area contributed by atoms with Crippen molar-refractivity contribution >= 4 is 29.9 Å². The van der Waals surface area contributed by atoms with Gasteiger partial charge in [-0.3, -0.25) is 4.99 Å². The van der Waals surface area contributed by atoms with Crippen molar-refractivity contribution in [1.29, 1.82) is 0 Å². The zero-order valence-corrected chi connectivity index (χ0v) is 19.5. The van der Waals surface area contributed by atoms with Gasteiger partial charge in [-0.25, -0.2) is 0 Å². The summed E-state index contributed by atoms with van der Waals surface area (Å²) < 4.78 is 0. The summed E-state index contributed by atoms with van der Waals surface area (Å²) in [6.07, 6.45) is 6.08. The standard InChI is InChI=1S/C19H41N5.HI/c1-6-13-24-15-10-18(11-16-24)22-19(20-7-2)21-12-8-9-14-23(5)17(3)4;/h17-18H,6-16H2,1-5H3,(H2,20,21,22);1H. The van der Waals surface area contributed by atoms with E-state index < -0.39 is 0 Å². The molecule has 0 aromatic rings. The predicted octanol–water partition coefficient (Wildman–Crippen LogP) is 3.15. The Kier molecular flexibility index (Phi) is 15.0. The Balaban J connectivity index is 0.00000576. The molecule has 0 aromatic heterocycles. The predicted molar refractivity (Wildman–Crippen MR) is 121 cm³/mol. The van der Waals surface area contributed by atoms with E-state index in [2.05, 4.69) is 55.2 Å². The summed E-state index contributed by atoms with van der Waals surface area (Å²) in [5, 5.41) is 7.04. The highest BCUT2D eigenvalue weighted by atomic mass is 127. The molecule has 0 amide bonds. The van der Waals surface area contributed by atoms with Gasteiger partial charge in [-0.2, -0.15) is 0 Å². The Morgan fingerprint density at radius 3 is 2.44 bits per heavy atom. The van der Waals surface area contributed by atoms with E-state index in [9.17, 15) is 0 Å². The number of hydrogen-bond donors (Lipinski definition) is 2. The summed E-state index contributed by atoms with van der Waals surface area (Å²) in [6.45, 7) is 15.6. The third-order valence-corrected chi connectivity index (χ3v) is 4.88. The topological polar surface area (TPSA) is 42.9 Å². The van der Waals surface area contributed by atoms with Gasteiger partial charge in [0.1, 0.15) is 0 Å². The molecule has 1 fully saturated rings. The number of aliphatic imine (C=N–C) groups is 1. The number of guanidine groups is 1. The van der Waals surface area contributed by atoms with Gasteiger partial charge >= 0.3 is 0 Å². The van der Waals surface area contributed by atoms with Crippen molar-refractivity contribution in [3.63, 3.8) is 0 Å². The van der Waals surface area contributed by atoms with Gasteiger partial charge in [0.05, 0.1) is 0 Å². The molecule has 0 bridgehead atoms. The minimum Gasteiger partial charge on any atom is -0.357 e. The lowest BCUT2D eigenvalue weighted by molar-refractivity contribution is 0.206. The second-order valence-electron chi connectivity index (χ2n) is 7.30. The highest BCUT2D eigenvalue weighted by Gasteiger charge is 2.19. The largest absolute Gasteiger partial charge is 0.357 e. The summed E-state index contributed by atoms with van der Waals surface area (Å²) in [6, 6.07) is 1.20. The highest BCUT2D eigenvalue weighted by molar-refractivity contribution is 14.0. The summed E-state index contributed by atoms with van der Waals surface area (Å²) in [4.78, 5) is 9.74. The first-order valence-electron chi connectivity index (χ1n) is 10.0. The van der Waals surface area contributed by atoms with Crippen molar-refractivity contribution in [3.05, 3.63) is 0 Å². The Bertz CT molecular complexity index is 341. The Morgan fingerprint density at radius 1 is 1.20 bits per heavy atom. The molecule has 0 spiro atoms. The maximum absolute atomic E-state index is 4.77. The van der Waals surface area contributed by atoms with Crippen molar-refractivity contribution in [2.75, 3.05) is 46.3 Å². The zero-order valence-electron chi connectivity index (χ0n) is 17.2. The highest BCUT2D eigenvalue weighted by Crippen LogP contribution is 2.10. The molecule has 0 saturated carbocycles. The minimum atomic E-state index is 0. The molecule has 0 radical (unpaired) electrons. The van der Waals surface area contributed by atoms with Crippen LogP contribution in [-0.4, -0.2) is 74.2 Å². The molecule has 5 nitrogen and oxygen atoms in total. The minimum absolute atomic E-state index is 0. The number of rotatable bonds is 10. The molecule has 6 heteroatoms. The van der Waals surface area contributed by atoms with Crippen LogP contribution in [0, 0.1) is 0 Å². The Labute approximate surface area is 173 Å². The fourth-order valence-electron chi connectivity index (χ4n) is 3.05.